The van der Waals surface area contributed by atoms with Crippen molar-refractivity contribution in [1.82, 2.24) is 4.90 Å². The molecule has 0 saturated carbocycles. The fraction of sp³-hybridized carbons (Fsp3) is 0.882. The van der Waals surface area contributed by atoms with Crippen molar-refractivity contribution in [2.24, 2.45) is 5.41 Å². The van der Waals surface area contributed by atoms with Crippen LogP contribution in [0.15, 0.2) is 12.7 Å². The van der Waals surface area contributed by atoms with E-state index in [1.807, 2.05) is 27.7 Å². The third kappa shape index (κ3) is 3.60. The molecule has 1 aliphatic rings. The van der Waals surface area contributed by atoms with Crippen LogP contribution < -0.4 is 0 Å². The second-order valence-corrected chi connectivity index (χ2v) is 6.06. The summed E-state index contributed by atoms with van der Waals surface area (Å²) in [5, 5.41) is 0. The zero-order valence-electron chi connectivity index (χ0n) is 14.6. The van der Waals surface area contributed by atoms with E-state index >= 15 is 0 Å². The molecule has 1 nitrogen and oxygen atoms in total. The minimum Gasteiger partial charge on any atom is -0.292 e. The van der Waals surface area contributed by atoms with Gasteiger partial charge in [0.05, 0.1) is 0 Å². The molecule has 110 valence electrons. The van der Waals surface area contributed by atoms with Gasteiger partial charge in [-0.25, -0.2) is 0 Å². The summed E-state index contributed by atoms with van der Waals surface area (Å²) in [6.45, 7) is 23.7. The molecule has 1 heteroatoms. The number of hydrogen-bond acceptors (Lipinski definition) is 1. The highest BCUT2D eigenvalue weighted by Gasteiger charge is 2.49. The largest absolute Gasteiger partial charge is 0.292 e. The maximum Gasteiger partial charge on any atom is 0.0363 e. The van der Waals surface area contributed by atoms with Crippen LogP contribution in [0.1, 0.15) is 75.2 Å². The van der Waals surface area contributed by atoms with Crippen LogP contribution in [0.25, 0.3) is 0 Å². The molecule has 0 aromatic carbocycles. The predicted octanol–water partition coefficient (Wildman–Crippen LogP) is 5.51. The van der Waals surface area contributed by atoms with E-state index in [0.717, 1.165) is 0 Å². The van der Waals surface area contributed by atoms with Gasteiger partial charge in [0.25, 0.3) is 0 Å². The van der Waals surface area contributed by atoms with Gasteiger partial charge in [0, 0.05) is 11.1 Å². The first-order chi connectivity index (χ1) is 8.17. The van der Waals surface area contributed by atoms with E-state index in [9.17, 15) is 0 Å². The van der Waals surface area contributed by atoms with Gasteiger partial charge in [-0.3, -0.25) is 4.90 Å². The summed E-state index contributed by atoms with van der Waals surface area (Å²) in [4.78, 5) is 2.48. The summed E-state index contributed by atoms with van der Waals surface area (Å²) in [6.07, 6.45) is 4.58. The molecule has 0 radical (unpaired) electrons. The highest BCUT2D eigenvalue weighted by atomic mass is 15.2. The Labute approximate surface area is 117 Å². The number of likely N-dealkylation sites (N-methyl/N-ethyl adjacent to an activating group) is 1. The minimum atomic E-state index is 0.166. The third-order valence-electron chi connectivity index (χ3n) is 4.96. The molecule has 1 heterocycles. The zero-order chi connectivity index (χ0) is 15.2. The lowest BCUT2D eigenvalue weighted by Crippen LogP contribution is -2.64. The molecule has 1 aliphatic heterocycles. The highest BCUT2D eigenvalue weighted by Crippen LogP contribution is 2.48. The van der Waals surface area contributed by atoms with Crippen LogP contribution >= 0.6 is 0 Å². The molecule has 1 atom stereocenters. The topological polar surface area (TPSA) is 3.24 Å². The van der Waals surface area contributed by atoms with Crippen LogP contribution in [0.5, 0.6) is 0 Å². The molecule has 0 aromatic heterocycles. The normalized spacial score (nSPS) is 29.2. The van der Waals surface area contributed by atoms with Crippen molar-refractivity contribution in [2.75, 3.05) is 7.05 Å². The Morgan fingerprint density at radius 3 is 1.61 bits per heavy atom. The lowest BCUT2D eigenvalue weighted by molar-refractivity contribution is -0.0733. The Hall–Kier alpha value is -0.300. The van der Waals surface area contributed by atoms with E-state index in [1.165, 1.54) is 12.8 Å². The van der Waals surface area contributed by atoms with Gasteiger partial charge in [-0.2, -0.15) is 0 Å². The molecule has 1 fully saturated rings. The maximum absolute atomic E-state index is 3.98. The molecule has 0 amide bonds. The average molecular weight is 255 g/mol. The Kier molecular flexibility index (Phi) is 8.15. The summed E-state index contributed by atoms with van der Waals surface area (Å²) in [5.74, 6) is 0. The maximum atomic E-state index is 3.98. The van der Waals surface area contributed by atoms with Gasteiger partial charge >= 0.3 is 0 Å². The number of likely N-dealkylation sites (tertiary alicyclic amines) is 1. The number of piperidine rings is 1. The summed E-state index contributed by atoms with van der Waals surface area (Å²) in [5.41, 5.74) is 0.775. The van der Waals surface area contributed by atoms with Crippen molar-refractivity contribution in [2.45, 2.75) is 86.2 Å². The molecular formula is C17H37N. The van der Waals surface area contributed by atoms with Gasteiger partial charge < -0.3 is 0 Å². The van der Waals surface area contributed by atoms with Crippen molar-refractivity contribution < 1.29 is 0 Å². The quantitative estimate of drug-likeness (QED) is 0.558. The van der Waals surface area contributed by atoms with Gasteiger partial charge in [-0.05, 0) is 46.1 Å². The first-order valence-electron chi connectivity index (χ1n) is 7.55. The van der Waals surface area contributed by atoms with Crippen LogP contribution in [0.4, 0.5) is 0 Å². The fourth-order valence-electron chi connectivity index (χ4n) is 2.37. The summed E-state index contributed by atoms with van der Waals surface area (Å²) in [7, 11) is 2.22. The van der Waals surface area contributed by atoms with Crippen LogP contribution in [-0.4, -0.2) is 23.0 Å². The van der Waals surface area contributed by atoms with E-state index in [-0.39, 0.29) is 11.1 Å². The van der Waals surface area contributed by atoms with Gasteiger partial charge in [-0.1, -0.05) is 47.6 Å². The van der Waals surface area contributed by atoms with Crippen LogP contribution in [-0.2, 0) is 0 Å². The highest BCUT2D eigenvalue weighted by molar-refractivity contribution is 5.12. The van der Waals surface area contributed by atoms with Crippen molar-refractivity contribution in [3.63, 3.8) is 0 Å². The Morgan fingerprint density at radius 2 is 1.28 bits per heavy atom. The third-order valence-corrected chi connectivity index (χ3v) is 4.96. The molecule has 0 spiro atoms. The predicted molar refractivity (Wildman–Crippen MR) is 86.2 cm³/mol. The Morgan fingerprint density at radius 1 is 0.889 bits per heavy atom. The average Bonchev–Trinajstić information content (AvgIpc) is 2.38. The molecule has 1 unspecified atom stereocenters. The first kappa shape index (κ1) is 20.0. The second-order valence-electron chi connectivity index (χ2n) is 6.06. The minimum absolute atomic E-state index is 0.166. The molecule has 1 saturated heterocycles. The van der Waals surface area contributed by atoms with Gasteiger partial charge in [0.15, 0.2) is 0 Å². The van der Waals surface area contributed by atoms with Crippen molar-refractivity contribution in [1.29, 1.82) is 0 Å². The van der Waals surface area contributed by atoms with Crippen LogP contribution in [0.3, 0.4) is 0 Å². The zero-order valence-corrected chi connectivity index (χ0v) is 14.6. The summed E-state index contributed by atoms with van der Waals surface area (Å²) < 4.78 is 0. The first-order valence-corrected chi connectivity index (χ1v) is 7.55. The van der Waals surface area contributed by atoms with Crippen molar-refractivity contribution in [3.05, 3.63) is 12.7 Å². The number of hydrogen-bond donors (Lipinski definition) is 0. The molecule has 1 rings (SSSR count). The van der Waals surface area contributed by atoms with Crippen LogP contribution in [0.2, 0.25) is 0 Å². The lowest BCUT2D eigenvalue weighted by Gasteiger charge is -2.59. The fourth-order valence-corrected chi connectivity index (χ4v) is 2.37. The van der Waals surface area contributed by atoms with E-state index < -0.39 is 0 Å². The van der Waals surface area contributed by atoms with Gasteiger partial charge in [0.2, 0.25) is 0 Å². The van der Waals surface area contributed by atoms with Gasteiger partial charge in [-0.15, -0.1) is 6.58 Å². The van der Waals surface area contributed by atoms with Crippen molar-refractivity contribution in [3.8, 4) is 0 Å². The van der Waals surface area contributed by atoms with Crippen LogP contribution in [0, 0.1) is 5.41 Å². The Balaban J connectivity index is 0. The molecule has 0 aliphatic carbocycles. The van der Waals surface area contributed by atoms with E-state index in [2.05, 4.69) is 59.2 Å². The molecule has 0 N–H and O–H groups in total. The Bertz CT molecular complexity index is 240. The number of rotatable bonds is 1. The summed E-state index contributed by atoms with van der Waals surface area (Å²) in [6, 6.07) is 0. The number of nitrogens with zero attached hydrogens (tertiary/aromatic N) is 1. The molecule has 0 bridgehead atoms. The molecular weight excluding hydrogens is 218 g/mol. The smallest absolute Gasteiger partial charge is 0.0363 e. The second kappa shape index (κ2) is 7.33. The SMILES string of the molecule is C=CC1(C)CCC(C)(C)C(C)(C)N1C.CC.CC. The van der Waals surface area contributed by atoms with E-state index in [4.69, 9.17) is 0 Å². The molecule has 0 aromatic rings. The molecule has 18 heavy (non-hydrogen) atoms. The van der Waals surface area contributed by atoms with Gasteiger partial charge in [0.1, 0.15) is 0 Å². The van der Waals surface area contributed by atoms with E-state index in [1.54, 1.807) is 0 Å². The standard InChI is InChI=1S/C13H25N.2C2H6/c1-8-13(6)10-9-11(2,3)12(4,5)14(13)7;2*1-2/h8H,1,9-10H2,2-7H3;2*1-2H3. The van der Waals surface area contributed by atoms with Crippen molar-refractivity contribution >= 4 is 0 Å². The monoisotopic (exact) mass is 255 g/mol. The summed E-state index contributed by atoms with van der Waals surface area (Å²) >= 11 is 0. The van der Waals surface area contributed by atoms with E-state index in [0.29, 0.717) is 5.41 Å². The lowest BCUT2D eigenvalue weighted by atomic mass is 9.63.